The Hall–Kier alpha value is -3.55. The molecule has 0 radical (unpaired) electrons. The van der Waals surface area contributed by atoms with Crippen molar-refractivity contribution < 1.29 is 19.4 Å². The van der Waals surface area contributed by atoms with E-state index in [1.165, 1.54) is 18.2 Å². The second-order valence-corrected chi connectivity index (χ2v) is 5.83. The number of carbonyl (C=O) groups is 2. The number of benzene rings is 2. The zero-order valence-corrected chi connectivity index (χ0v) is 14.2. The molecule has 3 rings (SSSR count). The Morgan fingerprint density at radius 1 is 1.15 bits per heavy atom. The fourth-order valence-corrected chi connectivity index (χ4v) is 2.80. The molecule has 0 aliphatic carbocycles. The van der Waals surface area contributed by atoms with E-state index in [4.69, 9.17) is 5.11 Å². The molecule has 0 aliphatic heterocycles. The third-order valence-corrected chi connectivity index (χ3v) is 4.14. The summed E-state index contributed by atoms with van der Waals surface area (Å²) in [5.41, 5.74) is 2.59. The molecule has 0 atom stereocenters. The van der Waals surface area contributed by atoms with Gasteiger partial charge < -0.3 is 15.2 Å². The molecule has 0 aliphatic rings. The van der Waals surface area contributed by atoms with Crippen LogP contribution in [0.3, 0.4) is 0 Å². The van der Waals surface area contributed by atoms with Gasteiger partial charge in [0.1, 0.15) is 5.52 Å². The first kappa shape index (κ1) is 17.3. The number of nitrogens with zero attached hydrogens (tertiary/aromatic N) is 1. The molecular weight excluding hydrogens is 338 g/mol. The van der Waals surface area contributed by atoms with Gasteiger partial charge in [0.25, 0.3) is 5.56 Å². The number of ether oxygens (including phenoxy) is 1. The summed E-state index contributed by atoms with van der Waals surface area (Å²) in [6.45, 7) is 4.15. The molecule has 1 aromatic heterocycles. The van der Waals surface area contributed by atoms with Crippen LogP contribution in [0.15, 0.2) is 41.2 Å². The quantitative estimate of drug-likeness (QED) is 0.494. The van der Waals surface area contributed by atoms with Crippen molar-refractivity contribution in [3.8, 4) is 5.75 Å². The van der Waals surface area contributed by atoms with Gasteiger partial charge in [0, 0.05) is 6.54 Å². The van der Waals surface area contributed by atoms with Crippen LogP contribution in [0, 0.1) is 13.8 Å². The summed E-state index contributed by atoms with van der Waals surface area (Å²) in [4.78, 5) is 35.6. The standard InChI is InChI=1S/C18H17N3O5/c1-10-5-3-6-11(2)13(10)9-19-17(23)21-16(22)12-7-4-8-14(15(12)20-21)26-18(24)25/h3-8,20H,9H2,1-2H3,(H,19,23)(H,24,25). The number of rotatable bonds is 3. The normalized spacial score (nSPS) is 10.7. The molecular formula is C18H17N3O5. The number of amides is 1. The van der Waals surface area contributed by atoms with E-state index in [9.17, 15) is 14.4 Å². The highest BCUT2D eigenvalue weighted by Gasteiger charge is 2.17. The molecule has 134 valence electrons. The molecule has 0 fully saturated rings. The Bertz CT molecular complexity index is 1040. The largest absolute Gasteiger partial charge is 0.511 e. The molecule has 0 bridgehead atoms. The minimum absolute atomic E-state index is 0.0478. The van der Waals surface area contributed by atoms with Crippen molar-refractivity contribution in [1.82, 2.24) is 15.1 Å². The Morgan fingerprint density at radius 2 is 1.81 bits per heavy atom. The number of fused-ring (bicyclic) bond motifs is 1. The topological polar surface area (TPSA) is 113 Å². The van der Waals surface area contributed by atoms with Crippen LogP contribution in [0.4, 0.5) is 9.59 Å². The summed E-state index contributed by atoms with van der Waals surface area (Å²) >= 11 is 0. The number of carbonyl (C=O) groups excluding carboxylic acids is 1. The second kappa shape index (κ2) is 6.75. The monoisotopic (exact) mass is 355 g/mol. The minimum Gasteiger partial charge on any atom is -0.449 e. The SMILES string of the molecule is Cc1cccc(C)c1CNC(=O)n1[nH]c2c(OC(=O)O)cccc2c1=O. The van der Waals surface area contributed by atoms with Gasteiger partial charge in [-0.25, -0.2) is 9.59 Å². The van der Waals surface area contributed by atoms with Gasteiger partial charge in [-0.15, -0.1) is 0 Å². The Labute approximate surface area is 148 Å². The molecule has 2 aromatic carbocycles. The zero-order chi connectivity index (χ0) is 18.8. The lowest BCUT2D eigenvalue weighted by Crippen LogP contribution is -2.35. The number of nitrogens with one attached hydrogen (secondary N) is 2. The molecule has 26 heavy (non-hydrogen) atoms. The molecule has 1 amide bonds. The smallest absolute Gasteiger partial charge is 0.449 e. The van der Waals surface area contributed by atoms with Crippen LogP contribution in [0.1, 0.15) is 16.7 Å². The van der Waals surface area contributed by atoms with Crippen LogP contribution in [-0.4, -0.2) is 27.1 Å². The summed E-state index contributed by atoms with van der Waals surface area (Å²) in [7, 11) is 0. The highest BCUT2D eigenvalue weighted by atomic mass is 16.7. The number of carboxylic acid groups (broad SMARTS) is 1. The third-order valence-electron chi connectivity index (χ3n) is 4.14. The molecule has 3 N–H and O–H groups in total. The van der Waals surface area contributed by atoms with Crippen LogP contribution in [-0.2, 0) is 6.54 Å². The van der Waals surface area contributed by atoms with Crippen molar-refractivity contribution in [2.24, 2.45) is 0 Å². The van der Waals surface area contributed by atoms with Crippen LogP contribution >= 0.6 is 0 Å². The van der Waals surface area contributed by atoms with Crippen molar-refractivity contribution in [1.29, 1.82) is 0 Å². The van der Waals surface area contributed by atoms with E-state index in [-0.39, 0.29) is 23.2 Å². The predicted octanol–water partition coefficient (Wildman–Crippen LogP) is 2.76. The summed E-state index contributed by atoms with van der Waals surface area (Å²) in [5.74, 6) is -0.0478. The van der Waals surface area contributed by atoms with Gasteiger partial charge in [-0.05, 0) is 42.7 Å². The first-order chi connectivity index (χ1) is 12.4. The molecule has 8 heteroatoms. The molecule has 1 heterocycles. The van der Waals surface area contributed by atoms with Gasteiger partial charge >= 0.3 is 12.2 Å². The van der Waals surface area contributed by atoms with E-state index in [0.717, 1.165) is 21.4 Å². The lowest BCUT2D eigenvalue weighted by atomic mass is 10.0. The van der Waals surface area contributed by atoms with Gasteiger partial charge in [0.05, 0.1) is 5.39 Å². The lowest BCUT2D eigenvalue weighted by Gasteiger charge is -2.10. The lowest BCUT2D eigenvalue weighted by molar-refractivity contribution is 0.145. The first-order valence-corrected chi connectivity index (χ1v) is 7.86. The van der Waals surface area contributed by atoms with Crippen molar-refractivity contribution in [2.45, 2.75) is 20.4 Å². The third kappa shape index (κ3) is 3.16. The maximum absolute atomic E-state index is 12.4. The van der Waals surface area contributed by atoms with E-state index in [2.05, 4.69) is 15.2 Å². The molecule has 0 saturated carbocycles. The fraction of sp³-hybridized carbons (Fsp3) is 0.167. The van der Waals surface area contributed by atoms with Crippen molar-refractivity contribution in [2.75, 3.05) is 0 Å². The second-order valence-electron chi connectivity index (χ2n) is 5.83. The van der Waals surface area contributed by atoms with Crippen molar-refractivity contribution >= 4 is 23.1 Å². The summed E-state index contributed by atoms with van der Waals surface area (Å²) in [6, 6.07) is 9.54. The van der Waals surface area contributed by atoms with Gasteiger partial charge in [-0.1, -0.05) is 24.3 Å². The van der Waals surface area contributed by atoms with E-state index in [0.29, 0.717) is 0 Å². The maximum Gasteiger partial charge on any atom is 0.511 e. The molecule has 8 nitrogen and oxygen atoms in total. The van der Waals surface area contributed by atoms with Gasteiger partial charge in [-0.2, -0.15) is 4.68 Å². The predicted molar refractivity (Wildman–Crippen MR) is 94.8 cm³/mol. The van der Waals surface area contributed by atoms with E-state index >= 15 is 0 Å². The molecule has 0 unspecified atom stereocenters. The molecule has 0 spiro atoms. The number of aromatic amines is 1. The minimum atomic E-state index is -1.51. The van der Waals surface area contributed by atoms with E-state index in [1.807, 2.05) is 32.0 Å². The maximum atomic E-state index is 12.4. The van der Waals surface area contributed by atoms with Crippen LogP contribution in [0.25, 0.3) is 10.9 Å². The zero-order valence-electron chi connectivity index (χ0n) is 14.2. The average Bonchev–Trinajstić information content (AvgIpc) is 2.92. The van der Waals surface area contributed by atoms with Gasteiger partial charge in [0.2, 0.25) is 0 Å². The van der Waals surface area contributed by atoms with Gasteiger partial charge in [0.15, 0.2) is 5.75 Å². The Kier molecular flexibility index (Phi) is 4.49. The number of para-hydroxylation sites is 1. The molecule has 3 aromatic rings. The highest BCUT2D eigenvalue weighted by Crippen LogP contribution is 2.21. The van der Waals surface area contributed by atoms with Gasteiger partial charge in [-0.3, -0.25) is 9.89 Å². The summed E-state index contributed by atoms with van der Waals surface area (Å²) in [6.07, 6.45) is -1.51. The van der Waals surface area contributed by atoms with E-state index in [1.54, 1.807) is 0 Å². The summed E-state index contributed by atoms with van der Waals surface area (Å²) < 4.78 is 5.44. The van der Waals surface area contributed by atoms with Crippen LogP contribution < -0.4 is 15.6 Å². The van der Waals surface area contributed by atoms with E-state index < -0.39 is 17.7 Å². The van der Waals surface area contributed by atoms with Crippen molar-refractivity contribution in [3.05, 3.63) is 63.4 Å². The fourth-order valence-electron chi connectivity index (χ4n) is 2.80. The van der Waals surface area contributed by atoms with Crippen LogP contribution in [0.2, 0.25) is 0 Å². The summed E-state index contributed by atoms with van der Waals surface area (Å²) in [5, 5.41) is 14.2. The number of aromatic nitrogens is 2. The number of hydrogen-bond donors (Lipinski definition) is 3. The Morgan fingerprint density at radius 3 is 2.46 bits per heavy atom. The highest BCUT2D eigenvalue weighted by molar-refractivity contribution is 5.89. The number of aryl methyl sites for hydroxylation is 2. The Balaban J connectivity index is 1.90. The average molecular weight is 355 g/mol. The number of hydrogen-bond acceptors (Lipinski definition) is 4. The van der Waals surface area contributed by atoms with Crippen molar-refractivity contribution in [3.63, 3.8) is 0 Å². The molecule has 0 saturated heterocycles. The number of H-pyrrole nitrogens is 1. The first-order valence-electron chi connectivity index (χ1n) is 7.86. The van der Waals surface area contributed by atoms with Crippen LogP contribution in [0.5, 0.6) is 5.75 Å².